The van der Waals surface area contributed by atoms with Gasteiger partial charge in [-0.1, -0.05) is 6.92 Å². The zero-order valence-electron chi connectivity index (χ0n) is 9.30. The van der Waals surface area contributed by atoms with Crippen LogP contribution in [0.3, 0.4) is 0 Å². The number of likely N-dealkylation sites (N-methyl/N-ethyl adjacent to an activating group) is 1. The van der Waals surface area contributed by atoms with Crippen LogP contribution in [-0.4, -0.2) is 37.3 Å². The first kappa shape index (κ1) is 13.3. The predicted octanol–water partition coefficient (Wildman–Crippen LogP) is 2.14. The maximum absolute atomic E-state index is 5.55. The third kappa shape index (κ3) is 8.60. The number of rotatable bonds is 8. The number of nitrogens with one attached hydrogen (secondary N) is 1. The minimum atomic E-state index is 0.340. The van der Waals surface area contributed by atoms with Crippen LogP contribution in [0.15, 0.2) is 0 Å². The fourth-order valence-electron chi connectivity index (χ4n) is 0.893. The summed E-state index contributed by atoms with van der Waals surface area (Å²) in [5.74, 6) is 2.40. The number of hydrogen-bond donors (Lipinski definition) is 1. The summed E-state index contributed by atoms with van der Waals surface area (Å²) in [6, 6.07) is 0.499. The van der Waals surface area contributed by atoms with Gasteiger partial charge < -0.3 is 10.1 Å². The Morgan fingerprint density at radius 3 is 2.54 bits per heavy atom. The van der Waals surface area contributed by atoms with Crippen LogP contribution in [0.5, 0.6) is 0 Å². The highest BCUT2D eigenvalue weighted by molar-refractivity contribution is 7.99. The summed E-state index contributed by atoms with van der Waals surface area (Å²) in [6.45, 7) is 7.19. The zero-order chi connectivity index (χ0) is 10.1. The first-order chi connectivity index (χ1) is 6.20. The van der Waals surface area contributed by atoms with Gasteiger partial charge in [-0.2, -0.15) is 11.8 Å². The molecule has 0 heterocycles. The molecule has 0 spiro atoms. The summed E-state index contributed by atoms with van der Waals surface area (Å²) in [7, 11) is 2.00. The van der Waals surface area contributed by atoms with Gasteiger partial charge in [-0.05, 0) is 33.1 Å². The molecule has 13 heavy (non-hydrogen) atoms. The second kappa shape index (κ2) is 8.85. The second-order valence-electron chi connectivity index (χ2n) is 3.44. The molecule has 80 valence electrons. The van der Waals surface area contributed by atoms with Crippen LogP contribution in [0.1, 0.15) is 27.2 Å². The summed E-state index contributed by atoms with van der Waals surface area (Å²) in [4.78, 5) is 0. The molecule has 2 nitrogen and oxygen atoms in total. The van der Waals surface area contributed by atoms with Crippen LogP contribution in [0.25, 0.3) is 0 Å². The molecular weight excluding hydrogens is 182 g/mol. The largest absolute Gasteiger partial charge is 0.377 e. The van der Waals surface area contributed by atoms with E-state index in [0.717, 1.165) is 12.4 Å². The van der Waals surface area contributed by atoms with Gasteiger partial charge in [0.15, 0.2) is 0 Å². The van der Waals surface area contributed by atoms with E-state index in [0.29, 0.717) is 12.1 Å². The molecule has 0 radical (unpaired) electrons. The van der Waals surface area contributed by atoms with Crippen molar-refractivity contribution >= 4 is 11.8 Å². The monoisotopic (exact) mass is 205 g/mol. The van der Waals surface area contributed by atoms with Gasteiger partial charge in [0.05, 0.1) is 12.7 Å². The van der Waals surface area contributed by atoms with Crippen molar-refractivity contribution in [3.8, 4) is 0 Å². The van der Waals surface area contributed by atoms with E-state index in [-0.39, 0.29) is 0 Å². The molecule has 0 aromatic heterocycles. The van der Waals surface area contributed by atoms with E-state index in [4.69, 9.17) is 4.74 Å². The molecule has 0 saturated carbocycles. The lowest BCUT2D eigenvalue weighted by atomic mass is 10.3. The van der Waals surface area contributed by atoms with E-state index in [2.05, 4.69) is 26.1 Å². The average Bonchev–Trinajstić information content (AvgIpc) is 2.10. The Kier molecular flexibility index (Phi) is 9.03. The van der Waals surface area contributed by atoms with Crippen molar-refractivity contribution in [1.82, 2.24) is 5.32 Å². The summed E-state index contributed by atoms with van der Waals surface area (Å²) in [5.41, 5.74) is 0. The van der Waals surface area contributed by atoms with Crippen LogP contribution in [-0.2, 0) is 4.74 Å². The Bertz CT molecular complexity index is 109. The Balaban J connectivity index is 3.39. The van der Waals surface area contributed by atoms with Gasteiger partial charge in [0.2, 0.25) is 0 Å². The molecule has 1 atom stereocenters. The van der Waals surface area contributed by atoms with E-state index >= 15 is 0 Å². The summed E-state index contributed by atoms with van der Waals surface area (Å²) in [5, 5.41) is 3.27. The standard InChI is InChI=1S/C10H23NOS/c1-5-6-13-8-10(11-4)7-12-9(2)3/h9-11H,5-8H2,1-4H3. The average molecular weight is 205 g/mol. The Labute approximate surface area is 86.8 Å². The SMILES string of the molecule is CCCSCC(COC(C)C)NC. The molecule has 0 aliphatic carbocycles. The summed E-state index contributed by atoms with van der Waals surface area (Å²) < 4.78 is 5.55. The molecule has 0 aromatic rings. The lowest BCUT2D eigenvalue weighted by Gasteiger charge is -2.17. The number of thioether (sulfide) groups is 1. The fourth-order valence-corrected chi connectivity index (χ4v) is 1.90. The minimum Gasteiger partial charge on any atom is -0.377 e. The van der Waals surface area contributed by atoms with Crippen molar-refractivity contribution < 1.29 is 4.74 Å². The topological polar surface area (TPSA) is 21.3 Å². The predicted molar refractivity (Wildman–Crippen MR) is 61.6 cm³/mol. The lowest BCUT2D eigenvalue weighted by molar-refractivity contribution is 0.0668. The van der Waals surface area contributed by atoms with E-state index in [1.165, 1.54) is 12.2 Å². The van der Waals surface area contributed by atoms with Gasteiger partial charge in [0, 0.05) is 11.8 Å². The highest BCUT2D eigenvalue weighted by Gasteiger charge is 2.06. The molecule has 0 aliphatic heterocycles. The van der Waals surface area contributed by atoms with Crippen molar-refractivity contribution in [3.63, 3.8) is 0 Å². The van der Waals surface area contributed by atoms with Crippen LogP contribution in [0, 0.1) is 0 Å². The Hall–Kier alpha value is 0.270. The van der Waals surface area contributed by atoms with E-state index in [1.807, 2.05) is 18.8 Å². The van der Waals surface area contributed by atoms with Gasteiger partial charge in [0.25, 0.3) is 0 Å². The zero-order valence-corrected chi connectivity index (χ0v) is 10.1. The molecule has 0 rings (SSSR count). The quantitative estimate of drug-likeness (QED) is 0.614. The number of hydrogen-bond acceptors (Lipinski definition) is 3. The smallest absolute Gasteiger partial charge is 0.0631 e. The molecule has 0 aromatic carbocycles. The van der Waals surface area contributed by atoms with Crippen molar-refractivity contribution in [2.45, 2.75) is 39.3 Å². The number of ether oxygens (including phenoxy) is 1. The van der Waals surface area contributed by atoms with E-state index in [9.17, 15) is 0 Å². The third-order valence-electron chi connectivity index (χ3n) is 1.71. The van der Waals surface area contributed by atoms with Gasteiger partial charge >= 0.3 is 0 Å². The van der Waals surface area contributed by atoms with Gasteiger partial charge in [0.1, 0.15) is 0 Å². The molecule has 1 N–H and O–H groups in total. The van der Waals surface area contributed by atoms with E-state index < -0.39 is 0 Å². The molecule has 0 amide bonds. The first-order valence-corrected chi connectivity index (χ1v) is 6.22. The van der Waals surface area contributed by atoms with Gasteiger partial charge in [-0.3, -0.25) is 0 Å². The Morgan fingerprint density at radius 2 is 2.08 bits per heavy atom. The highest BCUT2D eigenvalue weighted by Crippen LogP contribution is 2.05. The highest BCUT2D eigenvalue weighted by atomic mass is 32.2. The molecule has 0 saturated heterocycles. The summed E-state index contributed by atoms with van der Waals surface area (Å²) >= 11 is 2.00. The summed E-state index contributed by atoms with van der Waals surface area (Å²) in [6.07, 6.45) is 1.60. The molecule has 0 aliphatic rings. The first-order valence-electron chi connectivity index (χ1n) is 5.07. The van der Waals surface area contributed by atoms with Crippen molar-refractivity contribution in [2.24, 2.45) is 0 Å². The van der Waals surface area contributed by atoms with Crippen LogP contribution in [0.2, 0.25) is 0 Å². The van der Waals surface area contributed by atoms with Crippen LogP contribution >= 0.6 is 11.8 Å². The van der Waals surface area contributed by atoms with Crippen molar-refractivity contribution in [2.75, 3.05) is 25.2 Å². The molecular formula is C10H23NOS. The van der Waals surface area contributed by atoms with Crippen LogP contribution in [0.4, 0.5) is 0 Å². The molecule has 3 heteroatoms. The molecule has 0 fully saturated rings. The molecule has 0 bridgehead atoms. The second-order valence-corrected chi connectivity index (χ2v) is 4.59. The molecule has 1 unspecified atom stereocenters. The van der Waals surface area contributed by atoms with Crippen molar-refractivity contribution in [1.29, 1.82) is 0 Å². The van der Waals surface area contributed by atoms with Crippen LogP contribution < -0.4 is 5.32 Å². The van der Waals surface area contributed by atoms with Gasteiger partial charge in [-0.15, -0.1) is 0 Å². The lowest BCUT2D eigenvalue weighted by Crippen LogP contribution is -2.33. The maximum Gasteiger partial charge on any atom is 0.0631 e. The normalized spacial score (nSPS) is 13.6. The third-order valence-corrected chi connectivity index (χ3v) is 3.04. The maximum atomic E-state index is 5.55. The van der Waals surface area contributed by atoms with E-state index in [1.54, 1.807) is 0 Å². The Morgan fingerprint density at radius 1 is 1.38 bits per heavy atom. The minimum absolute atomic E-state index is 0.340. The fraction of sp³-hybridized carbons (Fsp3) is 1.00. The van der Waals surface area contributed by atoms with Crippen molar-refractivity contribution in [3.05, 3.63) is 0 Å². The van der Waals surface area contributed by atoms with Gasteiger partial charge in [-0.25, -0.2) is 0 Å².